The highest BCUT2D eigenvalue weighted by Crippen LogP contribution is 2.34. The smallest absolute Gasteiger partial charge is 0.258 e. The van der Waals surface area contributed by atoms with E-state index in [-0.39, 0.29) is 10.6 Å². The Morgan fingerprint density at radius 2 is 2.14 bits per heavy atom. The van der Waals surface area contributed by atoms with Gasteiger partial charge in [-0.05, 0) is 47.2 Å². The number of hydrogen-bond acceptors (Lipinski definition) is 3. The van der Waals surface area contributed by atoms with E-state index in [1.54, 1.807) is 17.4 Å². The minimum Gasteiger partial charge on any atom is -0.258 e. The molecule has 1 aromatic heterocycles. The third-order valence-corrected chi connectivity index (χ3v) is 3.77. The molecule has 0 saturated heterocycles. The third kappa shape index (κ3) is 1.61. The van der Waals surface area contributed by atoms with Crippen LogP contribution in [0.15, 0.2) is 18.2 Å². The number of rotatable bonds is 1. The second kappa shape index (κ2) is 3.47. The summed E-state index contributed by atoms with van der Waals surface area (Å²) in [6.45, 7) is 1.87. The predicted molar refractivity (Wildman–Crippen MR) is 65.9 cm³/mol. The molecule has 0 spiro atoms. The molecular weight excluding hydrogens is 313 g/mol. The number of halogens is 1. The second-order valence-corrected chi connectivity index (χ2v) is 5.98. The van der Waals surface area contributed by atoms with Gasteiger partial charge in [0.2, 0.25) is 0 Å². The van der Waals surface area contributed by atoms with Crippen LogP contribution < -0.4 is 0 Å². The molecule has 14 heavy (non-hydrogen) atoms. The number of benzene rings is 1. The predicted octanol–water partition coefficient (Wildman–Crippen LogP) is 3.72. The number of nitro groups is 1. The van der Waals surface area contributed by atoms with Crippen LogP contribution in [0.4, 0.5) is 5.69 Å². The first kappa shape index (κ1) is 9.85. The van der Waals surface area contributed by atoms with Crippen molar-refractivity contribution in [3.05, 3.63) is 36.8 Å². The number of aryl methyl sites for hydroxylation is 1. The average molecular weight is 319 g/mol. The lowest BCUT2D eigenvalue weighted by molar-refractivity contribution is -0.383. The van der Waals surface area contributed by atoms with Gasteiger partial charge in [-0.3, -0.25) is 10.1 Å². The molecular formula is C9H6INO2S. The Morgan fingerprint density at radius 3 is 2.79 bits per heavy atom. The average Bonchev–Trinajstić information content (AvgIpc) is 2.42. The summed E-state index contributed by atoms with van der Waals surface area (Å²) in [4.78, 5) is 10.5. The Labute approximate surface area is 98.0 Å². The fourth-order valence-electron chi connectivity index (χ4n) is 1.37. The largest absolute Gasteiger partial charge is 0.278 e. The van der Waals surface area contributed by atoms with Crippen LogP contribution in [0.25, 0.3) is 10.1 Å². The lowest BCUT2D eigenvalue weighted by Crippen LogP contribution is -1.88. The van der Waals surface area contributed by atoms with E-state index in [9.17, 15) is 10.1 Å². The van der Waals surface area contributed by atoms with Gasteiger partial charge in [-0.1, -0.05) is 0 Å². The molecule has 1 heterocycles. The molecule has 0 bridgehead atoms. The SMILES string of the molecule is Cc1cc([N+](=O)[O-])c2cc(I)sc2c1. The summed E-state index contributed by atoms with van der Waals surface area (Å²) < 4.78 is 2.06. The zero-order valence-corrected chi connectivity index (χ0v) is 10.3. The zero-order valence-electron chi connectivity index (χ0n) is 7.28. The highest BCUT2D eigenvalue weighted by molar-refractivity contribution is 14.1. The van der Waals surface area contributed by atoms with E-state index in [1.807, 2.05) is 19.1 Å². The lowest BCUT2D eigenvalue weighted by Gasteiger charge is -1.95. The van der Waals surface area contributed by atoms with Crippen molar-refractivity contribution in [2.75, 3.05) is 0 Å². The van der Waals surface area contributed by atoms with E-state index < -0.39 is 0 Å². The third-order valence-electron chi connectivity index (χ3n) is 1.93. The van der Waals surface area contributed by atoms with E-state index in [0.717, 1.165) is 18.5 Å². The monoisotopic (exact) mass is 319 g/mol. The maximum absolute atomic E-state index is 10.8. The Hall–Kier alpha value is -0.690. The van der Waals surface area contributed by atoms with E-state index in [1.165, 1.54) is 0 Å². The molecule has 2 rings (SSSR count). The zero-order chi connectivity index (χ0) is 10.3. The molecule has 2 aromatic rings. The summed E-state index contributed by atoms with van der Waals surface area (Å²) in [5.74, 6) is 0. The minimum atomic E-state index is -0.321. The number of non-ortho nitro benzene ring substituents is 1. The van der Waals surface area contributed by atoms with Crippen LogP contribution in [0.2, 0.25) is 0 Å². The maximum atomic E-state index is 10.8. The Bertz CT molecular complexity index is 521. The van der Waals surface area contributed by atoms with Crippen molar-refractivity contribution in [1.29, 1.82) is 0 Å². The molecule has 0 aliphatic carbocycles. The molecule has 0 aliphatic rings. The summed E-state index contributed by atoms with van der Waals surface area (Å²) in [6.07, 6.45) is 0. The van der Waals surface area contributed by atoms with Crippen molar-refractivity contribution in [1.82, 2.24) is 0 Å². The first-order chi connectivity index (χ1) is 6.58. The topological polar surface area (TPSA) is 43.1 Å². The van der Waals surface area contributed by atoms with Gasteiger partial charge in [0, 0.05) is 10.8 Å². The number of fused-ring (bicyclic) bond motifs is 1. The summed E-state index contributed by atoms with van der Waals surface area (Å²) in [5.41, 5.74) is 1.14. The van der Waals surface area contributed by atoms with Gasteiger partial charge < -0.3 is 0 Å². The molecule has 0 unspecified atom stereocenters. The van der Waals surface area contributed by atoms with Gasteiger partial charge in [0.25, 0.3) is 5.69 Å². The fourth-order valence-corrected chi connectivity index (χ4v) is 3.30. The first-order valence-corrected chi connectivity index (χ1v) is 5.81. The van der Waals surface area contributed by atoms with Crippen molar-refractivity contribution in [3.8, 4) is 0 Å². The molecule has 0 atom stereocenters. The van der Waals surface area contributed by atoms with Crippen molar-refractivity contribution in [2.24, 2.45) is 0 Å². The minimum absolute atomic E-state index is 0.208. The Balaban J connectivity index is 2.85. The summed E-state index contributed by atoms with van der Waals surface area (Å²) in [5, 5.41) is 11.5. The maximum Gasteiger partial charge on any atom is 0.278 e. The van der Waals surface area contributed by atoms with Crippen LogP contribution in [0, 0.1) is 19.9 Å². The van der Waals surface area contributed by atoms with Gasteiger partial charge in [0.1, 0.15) is 0 Å². The van der Waals surface area contributed by atoms with Crippen LogP contribution in [0.5, 0.6) is 0 Å². The Morgan fingerprint density at radius 1 is 1.43 bits per heavy atom. The second-order valence-electron chi connectivity index (χ2n) is 3.00. The van der Waals surface area contributed by atoms with E-state index in [0.29, 0.717) is 0 Å². The number of nitro benzene ring substituents is 1. The highest BCUT2D eigenvalue weighted by atomic mass is 127. The van der Waals surface area contributed by atoms with Gasteiger partial charge in [0.15, 0.2) is 0 Å². The van der Waals surface area contributed by atoms with Crippen molar-refractivity contribution in [3.63, 3.8) is 0 Å². The molecule has 0 fully saturated rings. The quantitative estimate of drug-likeness (QED) is 0.457. The molecule has 0 radical (unpaired) electrons. The highest BCUT2D eigenvalue weighted by Gasteiger charge is 2.14. The molecule has 0 N–H and O–H groups in total. The van der Waals surface area contributed by atoms with Crippen molar-refractivity contribution in [2.45, 2.75) is 6.92 Å². The van der Waals surface area contributed by atoms with Crippen LogP contribution in [0.3, 0.4) is 0 Å². The van der Waals surface area contributed by atoms with Gasteiger partial charge in [-0.15, -0.1) is 11.3 Å². The lowest BCUT2D eigenvalue weighted by atomic mass is 10.1. The summed E-state index contributed by atoms with van der Waals surface area (Å²) in [7, 11) is 0. The molecule has 72 valence electrons. The first-order valence-electron chi connectivity index (χ1n) is 3.92. The fraction of sp³-hybridized carbons (Fsp3) is 0.111. The molecule has 5 heteroatoms. The van der Waals surface area contributed by atoms with Gasteiger partial charge in [-0.25, -0.2) is 0 Å². The van der Waals surface area contributed by atoms with Crippen molar-refractivity contribution < 1.29 is 4.92 Å². The molecule has 0 amide bonds. The number of thiophene rings is 1. The van der Waals surface area contributed by atoms with Gasteiger partial charge in [0.05, 0.1) is 13.2 Å². The van der Waals surface area contributed by atoms with Crippen LogP contribution in [-0.4, -0.2) is 4.92 Å². The van der Waals surface area contributed by atoms with Gasteiger partial charge >= 0.3 is 0 Å². The van der Waals surface area contributed by atoms with Crippen LogP contribution in [0.1, 0.15) is 5.56 Å². The molecule has 0 aliphatic heterocycles. The standard InChI is InChI=1S/C9H6INO2S/c1-5-2-7(11(12)13)6-4-9(10)14-8(6)3-5/h2-4H,1H3. The number of hydrogen-bond donors (Lipinski definition) is 0. The van der Waals surface area contributed by atoms with Gasteiger partial charge in [-0.2, -0.15) is 0 Å². The normalized spacial score (nSPS) is 10.7. The summed E-state index contributed by atoms with van der Waals surface area (Å²) >= 11 is 3.76. The molecule has 3 nitrogen and oxygen atoms in total. The van der Waals surface area contributed by atoms with Crippen LogP contribution >= 0.6 is 33.9 Å². The van der Waals surface area contributed by atoms with Crippen molar-refractivity contribution >= 4 is 49.7 Å². The Kier molecular flexibility index (Phi) is 2.44. The molecule has 0 saturated carbocycles. The summed E-state index contributed by atoms with van der Waals surface area (Å²) in [6, 6.07) is 5.46. The van der Waals surface area contributed by atoms with E-state index in [2.05, 4.69) is 22.6 Å². The van der Waals surface area contributed by atoms with E-state index in [4.69, 9.17) is 0 Å². The number of nitrogens with zero attached hydrogens (tertiary/aromatic N) is 1. The van der Waals surface area contributed by atoms with Crippen LogP contribution in [-0.2, 0) is 0 Å². The van der Waals surface area contributed by atoms with E-state index >= 15 is 0 Å². The molecule has 1 aromatic carbocycles.